The quantitative estimate of drug-likeness (QED) is 0.154. The monoisotopic (exact) mass is 655 g/mol. The Morgan fingerprint density at radius 3 is 1.02 bits per heavy atom. The Bertz CT molecular complexity index is 1360. The standard InChI is InChI=1S/C37H45N5O6/c38-16-17-39-18-20-40(26-35(43)46-29-32-10-4-1-5-11-32)22-24-42(28-37(45)48-31-34-14-8-3-9-15-34)25-23-41(21-19-39)27-36(44)47-30-33-12-6-2-7-13-33/h1-15H,17-31H2. The Labute approximate surface area is 283 Å². The molecule has 0 bridgehead atoms. The van der Waals surface area contributed by atoms with Gasteiger partial charge in [-0.1, -0.05) is 91.0 Å². The molecule has 1 aliphatic rings. The molecule has 3 aromatic carbocycles. The summed E-state index contributed by atoms with van der Waals surface area (Å²) in [6.45, 7) is 5.10. The molecule has 3 aromatic rings. The first-order valence-electron chi connectivity index (χ1n) is 16.3. The van der Waals surface area contributed by atoms with Crippen LogP contribution < -0.4 is 0 Å². The summed E-state index contributed by atoms with van der Waals surface area (Å²) in [6.07, 6.45) is 0. The molecule has 1 heterocycles. The summed E-state index contributed by atoms with van der Waals surface area (Å²) in [7, 11) is 0. The molecule has 0 atom stereocenters. The molecule has 0 amide bonds. The molecule has 11 nitrogen and oxygen atoms in total. The molecule has 254 valence electrons. The molecule has 1 saturated heterocycles. The highest BCUT2D eigenvalue weighted by Gasteiger charge is 2.22. The van der Waals surface area contributed by atoms with Crippen molar-refractivity contribution in [2.45, 2.75) is 19.8 Å². The maximum absolute atomic E-state index is 13.0. The van der Waals surface area contributed by atoms with Crippen LogP contribution in [0.25, 0.3) is 0 Å². The molecular weight excluding hydrogens is 610 g/mol. The van der Waals surface area contributed by atoms with Gasteiger partial charge in [-0.2, -0.15) is 5.26 Å². The number of carbonyl (C=O) groups excluding carboxylic acids is 3. The van der Waals surface area contributed by atoms with Gasteiger partial charge >= 0.3 is 17.9 Å². The van der Waals surface area contributed by atoms with Gasteiger partial charge in [0.05, 0.1) is 32.2 Å². The van der Waals surface area contributed by atoms with E-state index in [0.29, 0.717) is 52.4 Å². The van der Waals surface area contributed by atoms with Crippen molar-refractivity contribution in [2.24, 2.45) is 0 Å². The van der Waals surface area contributed by atoms with E-state index in [2.05, 4.69) is 6.07 Å². The highest BCUT2D eigenvalue weighted by molar-refractivity contribution is 5.72. The predicted molar refractivity (Wildman–Crippen MR) is 180 cm³/mol. The number of nitriles is 1. The van der Waals surface area contributed by atoms with Crippen molar-refractivity contribution in [2.75, 3.05) is 78.5 Å². The number of ether oxygens (including phenoxy) is 3. The van der Waals surface area contributed by atoms with Crippen molar-refractivity contribution in [1.29, 1.82) is 5.26 Å². The van der Waals surface area contributed by atoms with E-state index >= 15 is 0 Å². The summed E-state index contributed by atoms with van der Waals surface area (Å²) < 4.78 is 16.7. The van der Waals surface area contributed by atoms with E-state index < -0.39 is 0 Å². The minimum atomic E-state index is -0.353. The lowest BCUT2D eigenvalue weighted by Crippen LogP contribution is -2.48. The first-order valence-corrected chi connectivity index (χ1v) is 16.3. The Balaban J connectivity index is 1.40. The summed E-state index contributed by atoms with van der Waals surface area (Å²) in [4.78, 5) is 46.7. The van der Waals surface area contributed by atoms with Crippen LogP contribution in [0.1, 0.15) is 16.7 Å². The molecular formula is C37H45N5O6. The fourth-order valence-corrected chi connectivity index (χ4v) is 5.21. The van der Waals surface area contributed by atoms with Gasteiger partial charge in [0.25, 0.3) is 0 Å². The number of benzene rings is 3. The predicted octanol–water partition coefficient (Wildman–Crippen LogP) is 2.96. The lowest BCUT2D eigenvalue weighted by atomic mass is 10.2. The zero-order valence-corrected chi connectivity index (χ0v) is 27.5. The van der Waals surface area contributed by atoms with Crippen molar-refractivity contribution in [1.82, 2.24) is 19.6 Å². The smallest absolute Gasteiger partial charge is 0.320 e. The molecule has 11 heteroatoms. The lowest BCUT2D eigenvalue weighted by molar-refractivity contribution is -0.148. The third kappa shape index (κ3) is 14.0. The average Bonchev–Trinajstić information content (AvgIpc) is 3.11. The SMILES string of the molecule is N#CCN1CCN(CC(=O)OCc2ccccc2)CCN(CC(=O)OCc2ccccc2)CCN(CC(=O)OCc2ccccc2)CC1. The second-order valence-corrected chi connectivity index (χ2v) is 11.7. The molecule has 1 aliphatic heterocycles. The summed E-state index contributed by atoms with van der Waals surface area (Å²) in [5.74, 6) is -1.03. The number of hydrogen-bond acceptors (Lipinski definition) is 11. The number of rotatable bonds is 13. The zero-order chi connectivity index (χ0) is 33.8. The minimum Gasteiger partial charge on any atom is -0.460 e. The van der Waals surface area contributed by atoms with Gasteiger partial charge < -0.3 is 14.2 Å². The van der Waals surface area contributed by atoms with Crippen LogP contribution in [0.15, 0.2) is 91.0 Å². The molecule has 48 heavy (non-hydrogen) atoms. The van der Waals surface area contributed by atoms with Gasteiger partial charge in [-0.05, 0) is 16.7 Å². The summed E-state index contributed by atoms with van der Waals surface area (Å²) in [5.41, 5.74) is 2.73. The van der Waals surface area contributed by atoms with Crippen LogP contribution in [0.4, 0.5) is 0 Å². The van der Waals surface area contributed by atoms with Crippen LogP contribution in [-0.4, -0.2) is 116 Å². The molecule has 0 unspecified atom stereocenters. The van der Waals surface area contributed by atoms with Crippen LogP contribution in [0.2, 0.25) is 0 Å². The lowest BCUT2D eigenvalue weighted by Gasteiger charge is -2.32. The van der Waals surface area contributed by atoms with Crippen molar-refractivity contribution in [3.63, 3.8) is 0 Å². The highest BCUT2D eigenvalue weighted by Crippen LogP contribution is 2.07. The van der Waals surface area contributed by atoms with Gasteiger partial charge in [0, 0.05) is 52.4 Å². The number of nitrogens with zero attached hydrogens (tertiary/aromatic N) is 5. The van der Waals surface area contributed by atoms with E-state index in [1.807, 2.05) is 111 Å². The Hall–Kier alpha value is -4.60. The van der Waals surface area contributed by atoms with Gasteiger partial charge in [0.2, 0.25) is 0 Å². The van der Waals surface area contributed by atoms with Crippen molar-refractivity contribution in [3.8, 4) is 6.07 Å². The van der Waals surface area contributed by atoms with Gasteiger partial charge in [-0.15, -0.1) is 0 Å². The van der Waals surface area contributed by atoms with Gasteiger partial charge in [0.15, 0.2) is 0 Å². The van der Waals surface area contributed by atoms with Gasteiger partial charge in [-0.25, -0.2) is 0 Å². The summed E-state index contributed by atoms with van der Waals surface area (Å²) in [5, 5.41) is 9.50. The molecule has 0 N–H and O–H groups in total. The normalized spacial score (nSPS) is 15.7. The highest BCUT2D eigenvalue weighted by atomic mass is 16.5. The van der Waals surface area contributed by atoms with E-state index in [1.165, 1.54) is 0 Å². The molecule has 4 rings (SSSR count). The summed E-state index contributed by atoms with van der Waals surface area (Å²) >= 11 is 0. The van der Waals surface area contributed by atoms with Gasteiger partial charge in [-0.3, -0.25) is 34.0 Å². The second-order valence-electron chi connectivity index (χ2n) is 11.7. The van der Waals surface area contributed by atoms with E-state index in [1.54, 1.807) is 0 Å². The average molecular weight is 656 g/mol. The number of carbonyl (C=O) groups is 3. The van der Waals surface area contributed by atoms with E-state index in [0.717, 1.165) is 16.7 Å². The Kier molecular flexibility index (Phi) is 15.6. The fourth-order valence-electron chi connectivity index (χ4n) is 5.21. The van der Waals surface area contributed by atoms with Gasteiger partial charge in [0.1, 0.15) is 19.8 Å². The number of hydrogen-bond donors (Lipinski definition) is 0. The molecule has 0 saturated carbocycles. The summed E-state index contributed by atoms with van der Waals surface area (Å²) in [6, 6.07) is 30.8. The Morgan fingerprint density at radius 1 is 0.479 bits per heavy atom. The fraction of sp³-hybridized carbons (Fsp3) is 0.405. The van der Waals surface area contributed by atoms with Crippen LogP contribution in [-0.2, 0) is 48.4 Å². The van der Waals surface area contributed by atoms with Crippen molar-refractivity contribution < 1.29 is 28.6 Å². The van der Waals surface area contributed by atoms with Crippen molar-refractivity contribution >= 4 is 17.9 Å². The molecule has 0 aliphatic carbocycles. The second kappa shape index (κ2) is 20.6. The third-order valence-corrected chi connectivity index (χ3v) is 8.01. The molecule has 0 radical (unpaired) electrons. The first-order chi connectivity index (χ1) is 23.5. The maximum Gasteiger partial charge on any atom is 0.320 e. The Morgan fingerprint density at radius 2 is 0.750 bits per heavy atom. The number of esters is 3. The first kappa shape index (κ1) is 36.2. The van der Waals surface area contributed by atoms with E-state index in [-0.39, 0.29) is 63.9 Å². The molecule has 0 spiro atoms. The van der Waals surface area contributed by atoms with Crippen LogP contribution in [0.3, 0.4) is 0 Å². The van der Waals surface area contributed by atoms with E-state index in [4.69, 9.17) is 14.2 Å². The minimum absolute atomic E-state index is 0.0615. The zero-order valence-electron chi connectivity index (χ0n) is 27.5. The van der Waals surface area contributed by atoms with Crippen molar-refractivity contribution in [3.05, 3.63) is 108 Å². The third-order valence-electron chi connectivity index (χ3n) is 8.01. The van der Waals surface area contributed by atoms with E-state index in [9.17, 15) is 19.6 Å². The van der Waals surface area contributed by atoms with Crippen LogP contribution in [0, 0.1) is 11.3 Å². The van der Waals surface area contributed by atoms with Crippen LogP contribution in [0.5, 0.6) is 0 Å². The largest absolute Gasteiger partial charge is 0.460 e. The molecule has 1 fully saturated rings. The molecule has 0 aromatic heterocycles. The maximum atomic E-state index is 13.0. The van der Waals surface area contributed by atoms with Crippen LogP contribution >= 0.6 is 0 Å². The topological polar surface area (TPSA) is 116 Å².